The van der Waals surface area contributed by atoms with E-state index in [1.807, 2.05) is 0 Å². The van der Waals surface area contributed by atoms with Crippen LogP contribution in [-0.2, 0) is 4.79 Å². The maximum atomic E-state index is 11.0. The number of hydrogen-bond donors (Lipinski definition) is 0. The predicted molar refractivity (Wildman–Crippen MR) is 46.5 cm³/mol. The van der Waals surface area contributed by atoms with Gasteiger partial charge in [0.25, 0.3) is 0 Å². The van der Waals surface area contributed by atoms with E-state index in [4.69, 9.17) is 0 Å². The molecule has 0 aromatic rings. The summed E-state index contributed by atoms with van der Waals surface area (Å²) in [5, 5.41) is 0. The summed E-state index contributed by atoms with van der Waals surface area (Å²) in [4.78, 5) is 11.0. The quantitative estimate of drug-likeness (QED) is 0.567. The van der Waals surface area contributed by atoms with Crippen molar-refractivity contribution in [3.05, 3.63) is 0 Å². The molecule has 1 saturated carbocycles. The molecule has 0 spiro atoms. The average Bonchev–Trinajstić information content (AvgIpc) is 1.96. The van der Waals surface area contributed by atoms with E-state index in [1.165, 1.54) is 19.3 Å². The molecule has 0 heterocycles. The molecule has 0 aromatic carbocycles. The molecule has 1 aliphatic carbocycles. The van der Waals surface area contributed by atoms with Crippen molar-refractivity contribution >= 4 is 5.78 Å². The van der Waals surface area contributed by atoms with Gasteiger partial charge in [-0.15, -0.1) is 0 Å². The second-order valence-corrected chi connectivity index (χ2v) is 3.60. The Morgan fingerprint density at radius 3 is 2.27 bits per heavy atom. The van der Waals surface area contributed by atoms with Crippen LogP contribution < -0.4 is 0 Å². The van der Waals surface area contributed by atoms with Crippen LogP contribution in [0.3, 0.4) is 0 Å². The topological polar surface area (TPSA) is 17.1 Å². The predicted octanol–water partition coefficient (Wildman–Crippen LogP) is 2.94. The number of Topliss-reactive ketones (excluding diaryl/α,β-unsaturated/α-hetero) is 1. The van der Waals surface area contributed by atoms with Gasteiger partial charge in [0, 0.05) is 12.8 Å². The lowest BCUT2D eigenvalue weighted by molar-refractivity contribution is -0.119. The van der Waals surface area contributed by atoms with E-state index >= 15 is 0 Å². The third-order valence-electron chi connectivity index (χ3n) is 2.71. The second-order valence-electron chi connectivity index (χ2n) is 3.60. The Bertz CT molecular complexity index is 117. The largest absolute Gasteiger partial charge is 0.300 e. The van der Waals surface area contributed by atoms with Crippen molar-refractivity contribution in [1.29, 1.82) is 0 Å². The Kier molecular flexibility index (Phi) is 3.61. The number of hydrogen-bond acceptors (Lipinski definition) is 1. The van der Waals surface area contributed by atoms with Crippen LogP contribution in [-0.4, -0.2) is 5.78 Å². The first-order valence-corrected chi connectivity index (χ1v) is 4.84. The molecule has 0 aliphatic heterocycles. The van der Waals surface area contributed by atoms with Crippen molar-refractivity contribution in [3.8, 4) is 0 Å². The van der Waals surface area contributed by atoms with Crippen LogP contribution in [0.5, 0.6) is 0 Å². The third kappa shape index (κ3) is 3.04. The summed E-state index contributed by atoms with van der Waals surface area (Å²) in [5.41, 5.74) is 0. The molecule has 0 atom stereocenters. The maximum Gasteiger partial charge on any atom is 0.132 e. The molecule has 1 heteroatoms. The van der Waals surface area contributed by atoms with Crippen molar-refractivity contribution in [2.75, 3.05) is 0 Å². The van der Waals surface area contributed by atoms with Gasteiger partial charge in [-0.05, 0) is 18.8 Å². The fraction of sp³-hybridized carbons (Fsp3) is 0.900. The number of carbonyl (C=O) groups is 1. The van der Waals surface area contributed by atoms with E-state index in [1.54, 1.807) is 0 Å². The van der Waals surface area contributed by atoms with Crippen molar-refractivity contribution in [2.24, 2.45) is 5.92 Å². The van der Waals surface area contributed by atoms with Crippen LogP contribution in [0.15, 0.2) is 0 Å². The Labute approximate surface area is 69.2 Å². The van der Waals surface area contributed by atoms with E-state index in [-0.39, 0.29) is 0 Å². The average molecular weight is 154 g/mol. The van der Waals surface area contributed by atoms with Crippen LogP contribution in [0, 0.1) is 5.92 Å². The molecule has 1 fully saturated rings. The summed E-state index contributed by atoms with van der Waals surface area (Å²) in [6.07, 6.45) is 7.82. The van der Waals surface area contributed by atoms with Gasteiger partial charge in [-0.1, -0.05) is 26.2 Å². The zero-order valence-electron chi connectivity index (χ0n) is 7.44. The van der Waals surface area contributed by atoms with Crippen LogP contribution in [0.4, 0.5) is 0 Å². The highest BCUT2D eigenvalue weighted by Crippen LogP contribution is 2.22. The minimum absolute atomic E-state index is 0.486. The zero-order chi connectivity index (χ0) is 8.10. The lowest BCUT2D eigenvalue weighted by Gasteiger charge is -2.16. The molecule has 1 aliphatic rings. The van der Waals surface area contributed by atoms with Gasteiger partial charge in [0.05, 0.1) is 0 Å². The summed E-state index contributed by atoms with van der Waals surface area (Å²) in [6.45, 7) is 2.26. The molecule has 1 rings (SSSR count). The van der Waals surface area contributed by atoms with Crippen LogP contribution in [0.2, 0.25) is 0 Å². The molecular formula is C10H18O. The first kappa shape index (κ1) is 8.76. The van der Waals surface area contributed by atoms with Crippen LogP contribution in [0.25, 0.3) is 0 Å². The van der Waals surface area contributed by atoms with E-state index in [0.717, 1.165) is 31.6 Å². The van der Waals surface area contributed by atoms with Gasteiger partial charge in [-0.3, -0.25) is 4.79 Å². The normalized spacial score (nSPS) is 22.8. The summed E-state index contributed by atoms with van der Waals surface area (Å²) in [7, 11) is 0. The Hall–Kier alpha value is -0.330. The molecule has 0 unspecified atom stereocenters. The van der Waals surface area contributed by atoms with Crippen molar-refractivity contribution in [2.45, 2.75) is 51.9 Å². The summed E-state index contributed by atoms with van der Waals surface area (Å²) in [5.74, 6) is 1.39. The molecule has 0 amide bonds. The second kappa shape index (κ2) is 4.53. The van der Waals surface area contributed by atoms with Gasteiger partial charge in [0.2, 0.25) is 0 Å². The van der Waals surface area contributed by atoms with Gasteiger partial charge in [0.15, 0.2) is 0 Å². The summed E-state index contributed by atoms with van der Waals surface area (Å²) in [6, 6.07) is 0. The molecule has 0 aromatic heterocycles. The molecule has 1 nitrogen and oxygen atoms in total. The fourth-order valence-electron chi connectivity index (χ4n) is 1.85. The molecule has 64 valence electrons. The van der Waals surface area contributed by atoms with E-state index < -0.39 is 0 Å². The van der Waals surface area contributed by atoms with Crippen molar-refractivity contribution in [3.63, 3.8) is 0 Å². The number of carbonyl (C=O) groups excluding carboxylic acids is 1. The van der Waals surface area contributed by atoms with Gasteiger partial charge < -0.3 is 0 Å². The first-order valence-electron chi connectivity index (χ1n) is 4.84. The van der Waals surface area contributed by atoms with Crippen LogP contribution >= 0.6 is 0 Å². The molecule has 0 bridgehead atoms. The zero-order valence-corrected chi connectivity index (χ0v) is 7.44. The molecule has 0 N–H and O–H groups in total. The highest BCUT2D eigenvalue weighted by Gasteiger charge is 2.12. The Morgan fingerprint density at radius 1 is 1.27 bits per heavy atom. The van der Waals surface area contributed by atoms with E-state index in [9.17, 15) is 4.79 Å². The number of rotatable bonds is 1. The smallest absolute Gasteiger partial charge is 0.132 e. The van der Waals surface area contributed by atoms with Gasteiger partial charge in [-0.25, -0.2) is 0 Å². The van der Waals surface area contributed by atoms with Gasteiger partial charge in [0.1, 0.15) is 5.78 Å². The minimum Gasteiger partial charge on any atom is -0.300 e. The van der Waals surface area contributed by atoms with Crippen LogP contribution in [0.1, 0.15) is 51.9 Å². The molecule has 11 heavy (non-hydrogen) atoms. The molecule has 0 radical (unpaired) electrons. The fourth-order valence-corrected chi connectivity index (χ4v) is 1.85. The monoisotopic (exact) mass is 154 g/mol. The summed E-state index contributed by atoms with van der Waals surface area (Å²) < 4.78 is 0. The summed E-state index contributed by atoms with van der Waals surface area (Å²) >= 11 is 0. The molecular weight excluding hydrogens is 136 g/mol. The first-order chi connectivity index (χ1) is 5.33. The lowest BCUT2D eigenvalue weighted by Crippen LogP contribution is -2.07. The third-order valence-corrected chi connectivity index (χ3v) is 2.71. The lowest BCUT2D eigenvalue weighted by atomic mass is 9.89. The maximum absolute atomic E-state index is 11.0. The highest BCUT2D eigenvalue weighted by atomic mass is 16.1. The van der Waals surface area contributed by atoms with E-state index in [0.29, 0.717) is 5.78 Å². The van der Waals surface area contributed by atoms with E-state index in [2.05, 4.69) is 6.92 Å². The Balaban J connectivity index is 2.28. The van der Waals surface area contributed by atoms with Gasteiger partial charge >= 0.3 is 0 Å². The molecule has 0 saturated heterocycles. The minimum atomic E-state index is 0.486. The SMILES string of the molecule is CCC1CCCC(=O)CCC1. The standard InChI is InChI=1S/C10H18O/c1-2-9-5-3-7-10(11)8-4-6-9/h9H,2-8H2,1H3. The highest BCUT2D eigenvalue weighted by molar-refractivity contribution is 5.78. The Morgan fingerprint density at radius 2 is 1.82 bits per heavy atom. The number of ketones is 1. The van der Waals surface area contributed by atoms with Crippen molar-refractivity contribution < 1.29 is 4.79 Å². The van der Waals surface area contributed by atoms with Crippen molar-refractivity contribution in [1.82, 2.24) is 0 Å². The van der Waals surface area contributed by atoms with Gasteiger partial charge in [-0.2, -0.15) is 0 Å².